The van der Waals surface area contributed by atoms with Gasteiger partial charge < -0.3 is 14.6 Å². The van der Waals surface area contributed by atoms with Gasteiger partial charge in [-0.3, -0.25) is 0 Å². The molecule has 0 aliphatic carbocycles. The van der Waals surface area contributed by atoms with Crippen molar-refractivity contribution in [3.8, 4) is 6.07 Å². The number of pyridine rings is 1. The van der Waals surface area contributed by atoms with Crippen LogP contribution in [-0.2, 0) is 6.54 Å². The van der Waals surface area contributed by atoms with Crippen molar-refractivity contribution >= 4 is 11.3 Å². The summed E-state index contributed by atoms with van der Waals surface area (Å²) in [6.45, 7) is 2.28. The second-order valence-corrected chi connectivity index (χ2v) is 6.27. The Morgan fingerprint density at radius 2 is 2.16 bits per heavy atom. The number of nitrogens with one attached hydrogen (secondary N) is 1. The Hall–Kier alpha value is -2.91. The number of hydrogen-bond acceptors (Lipinski definition) is 4. The zero-order valence-electron chi connectivity index (χ0n) is 13.7. The summed E-state index contributed by atoms with van der Waals surface area (Å²) in [6, 6.07) is 13.0. The molecule has 5 nitrogen and oxygen atoms in total. The van der Waals surface area contributed by atoms with E-state index in [9.17, 15) is 4.39 Å². The summed E-state index contributed by atoms with van der Waals surface area (Å²) in [7, 11) is 0. The van der Waals surface area contributed by atoms with Crippen LogP contribution >= 0.6 is 0 Å². The molecule has 3 heterocycles. The molecular formula is C19H18FN5. The van der Waals surface area contributed by atoms with Gasteiger partial charge in [0.05, 0.1) is 23.1 Å². The molecule has 1 aliphatic heterocycles. The van der Waals surface area contributed by atoms with Crippen LogP contribution < -0.4 is 10.2 Å². The van der Waals surface area contributed by atoms with Crippen LogP contribution in [0.1, 0.15) is 17.7 Å². The maximum absolute atomic E-state index is 13.9. The Bertz CT molecular complexity index is 942. The van der Waals surface area contributed by atoms with Crippen molar-refractivity contribution in [3.63, 3.8) is 0 Å². The van der Waals surface area contributed by atoms with Gasteiger partial charge in [0.1, 0.15) is 17.5 Å². The van der Waals surface area contributed by atoms with Crippen LogP contribution in [0, 0.1) is 17.1 Å². The molecule has 6 heteroatoms. The molecule has 1 unspecified atom stereocenters. The number of para-hydroxylation sites is 1. The molecule has 1 atom stereocenters. The molecule has 0 bridgehead atoms. The first-order valence-corrected chi connectivity index (χ1v) is 8.33. The van der Waals surface area contributed by atoms with Crippen molar-refractivity contribution in [1.29, 1.82) is 5.26 Å². The topological polar surface area (TPSA) is 56.4 Å². The molecule has 1 aliphatic rings. The van der Waals surface area contributed by atoms with Crippen molar-refractivity contribution in [1.82, 2.24) is 14.7 Å². The van der Waals surface area contributed by atoms with E-state index in [1.54, 1.807) is 18.3 Å². The van der Waals surface area contributed by atoms with E-state index in [-0.39, 0.29) is 5.82 Å². The molecule has 126 valence electrons. The van der Waals surface area contributed by atoms with Crippen LogP contribution in [0.15, 0.2) is 48.8 Å². The summed E-state index contributed by atoms with van der Waals surface area (Å²) in [6.07, 6.45) is 4.60. The van der Waals surface area contributed by atoms with Crippen LogP contribution in [0.4, 0.5) is 10.1 Å². The van der Waals surface area contributed by atoms with Crippen LogP contribution in [0.2, 0.25) is 0 Å². The molecule has 1 N–H and O–H groups in total. The molecule has 25 heavy (non-hydrogen) atoms. The standard InChI is InChI=1S/C19H18FN5/c20-17-3-1-2-4-18(17)24-8-7-15(13-24)22-10-16-11-23-19-6-5-14(9-21)12-25(16)19/h1-6,11-12,15,22H,7-8,10,13H2. The van der Waals surface area contributed by atoms with Crippen molar-refractivity contribution < 1.29 is 4.39 Å². The number of imidazole rings is 1. The van der Waals surface area contributed by atoms with E-state index < -0.39 is 0 Å². The first kappa shape index (κ1) is 15.6. The lowest BCUT2D eigenvalue weighted by atomic mass is 10.2. The Balaban J connectivity index is 1.43. The number of benzene rings is 1. The normalized spacial score (nSPS) is 17.1. The van der Waals surface area contributed by atoms with Crippen LogP contribution in [0.25, 0.3) is 5.65 Å². The minimum absolute atomic E-state index is 0.172. The molecule has 1 saturated heterocycles. The van der Waals surface area contributed by atoms with Gasteiger partial charge in [0.2, 0.25) is 0 Å². The molecule has 0 amide bonds. The molecule has 2 aromatic heterocycles. The van der Waals surface area contributed by atoms with Gasteiger partial charge in [0.15, 0.2) is 0 Å². The highest BCUT2D eigenvalue weighted by Crippen LogP contribution is 2.23. The van der Waals surface area contributed by atoms with Gasteiger partial charge >= 0.3 is 0 Å². The molecule has 4 rings (SSSR count). The summed E-state index contributed by atoms with van der Waals surface area (Å²) < 4.78 is 15.9. The lowest BCUT2D eigenvalue weighted by molar-refractivity contribution is 0.543. The van der Waals surface area contributed by atoms with Gasteiger partial charge in [-0.1, -0.05) is 12.1 Å². The lowest BCUT2D eigenvalue weighted by Crippen LogP contribution is -2.32. The summed E-state index contributed by atoms with van der Waals surface area (Å²) >= 11 is 0. The number of anilines is 1. The second kappa shape index (κ2) is 6.54. The summed E-state index contributed by atoms with van der Waals surface area (Å²) in [5, 5.41) is 12.6. The van der Waals surface area contributed by atoms with Crippen LogP contribution in [0.3, 0.4) is 0 Å². The van der Waals surface area contributed by atoms with Gasteiger partial charge in [-0.2, -0.15) is 5.26 Å². The Morgan fingerprint density at radius 3 is 3.00 bits per heavy atom. The van der Waals surface area contributed by atoms with Gasteiger partial charge in [-0.05, 0) is 30.7 Å². The van der Waals surface area contributed by atoms with Crippen molar-refractivity contribution in [2.45, 2.75) is 19.0 Å². The highest BCUT2D eigenvalue weighted by Gasteiger charge is 2.24. The average Bonchev–Trinajstić information content (AvgIpc) is 3.26. The molecule has 1 aromatic carbocycles. The third-order valence-electron chi connectivity index (χ3n) is 4.66. The van der Waals surface area contributed by atoms with Gasteiger partial charge in [-0.15, -0.1) is 0 Å². The van der Waals surface area contributed by atoms with Crippen molar-refractivity contribution in [2.24, 2.45) is 0 Å². The number of nitriles is 1. The van der Waals surface area contributed by atoms with Crippen LogP contribution in [0.5, 0.6) is 0 Å². The van der Waals surface area contributed by atoms with Gasteiger partial charge in [-0.25, -0.2) is 9.37 Å². The molecule has 0 saturated carbocycles. The van der Waals surface area contributed by atoms with Gasteiger partial charge in [0, 0.05) is 31.9 Å². The molecular weight excluding hydrogens is 317 g/mol. The SMILES string of the molecule is N#Cc1ccc2ncc(CNC3CCN(c4ccccc4F)C3)n2c1. The summed E-state index contributed by atoms with van der Waals surface area (Å²) in [5.74, 6) is -0.172. The second-order valence-electron chi connectivity index (χ2n) is 6.27. The maximum Gasteiger partial charge on any atom is 0.146 e. The number of hydrogen-bond donors (Lipinski definition) is 1. The Kier molecular flexibility index (Phi) is 4.08. The number of fused-ring (bicyclic) bond motifs is 1. The number of aromatic nitrogens is 2. The highest BCUT2D eigenvalue weighted by molar-refractivity contribution is 5.49. The van der Waals surface area contributed by atoms with E-state index in [1.807, 2.05) is 28.8 Å². The molecule has 0 radical (unpaired) electrons. The van der Waals surface area contributed by atoms with E-state index in [2.05, 4.69) is 21.3 Å². The predicted octanol–water partition coefficient (Wildman–Crippen LogP) is 2.71. The summed E-state index contributed by atoms with van der Waals surface area (Å²) in [4.78, 5) is 6.45. The van der Waals surface area contributed by atoms with E-state index >= 15 is 0 Å². The maximum atomic E-state index is 13.9. The van der Waals surface area contributed by atoms with E-state index in [4.69, 9.17) is 5.26 Å². The third-order valence-corrected chi connectivity index (χ3v) is 4.66. The fourth-order valence-corrected chi connectivity index (χ4v) is 3.33. The average molecular weight is 335 g/mol. The largest absolute Gasteiger partial charge is 0.368 e. The minimum Gasteiger partial charge on any atom is -0.368 e. The predicted molar refractivity (Wildman–Crippen MR) is 93.8 cm³/mol. The Morgan fingerprint density at radius 1 is 1.28 bits per heavy atom. The lowest BCUT2D eigenvalue weighted by Gasteiger charge is -2.19. The fraction of sp³-hybridized carbons (Fsp3) is 0.263. The van der Waals surface area contributed by atoms with Gasteiger partial charge in [0.25, 0.3) is 0 Å². The highest BCUT2D eigenvalue weighted by atomic mass is 19.1. The van der Waals surface area contributed by atoms with E-state index in [0.29, 0.717) is 23.8 Å². The molecule has 3 aromatic rings. The monoisotopic (exact) mass is 335 g/mol. The van der Waals surface area contributed by atoms with E-state index in [0.717, 1.165) is 30.9 Å². The van der Waals surface area contributed by atoms with Crippen molar-refractivity contribution in [3.05, 3.63) is 65.9 Å². The summed E-state index contributed by atoms with van der Waals surface area (Å²) in [5.41, 5.74) is 3.12. The van der Waals surface area contributed by atoms with E-state index in [1.165, 1.54) is 6.07 Å². The smallest absolute Gasteiger partial charge is 0.146 e. The zero-order chi connectivity index (χ0) is 17.2. The minimum atomic E-state index is -0.172. The number of rotatable bonds is 4. The number of halogens is 1. The van der Waals surface area contributed by atoms with Crippen LogP contribution in [-0.4, -0.2) is 28.5 Å². The molecule has 0 spiro atoms. The third kappa shape index (κ3) is 3.06. The molecule has 1 fully saturated rings. The number of nitrogens with zero attached hydrogens (tertiary/aromatic N) is 4. The Labute approximate surface area is 145 Å². The van der Waals surface area contributed by atoms with Crippen molar-refractivity contribution in [2.75, 3.05) is 18.0 Å². The quantitative estimate of drug-likeness (QED) is 0.796. The first-order valence-electron chi connectivity index (χ1n) is 8.33. The first-order chi connectivity index (χ1) is 12.2. The zero-order valence-corrected chi connectivity index (χ0v) is 13.7. The fourth-order valence-electron chi connectivity index (χ4n) is 3.33.